The molecular formula is C12H20NO2+. The van der Waals surface area contributed by atoms with Crippen molar-refractivity contribution >= 4 is 0 Å². The predicted molar refractivity (Wildman–Crippen MR) is 60.1 cm³/mol. The molecule has 0 unspecified atom stereocenters. The second-order valence-electron chi connectivity index (χ2n) is 3.59. The molecule has 1 aromatic carbocycles. The van der Waals surface area contributed by atoms with Gasteiger partial charge in [0.2, 0.25) is 0 Å². The zero-order chi connectivity index (χ0) is 11.1. The second kappa shape index (κ2) is 6.43. The average Bonchev–Trinajstić information content (AvgIpc) is 2.25. The van der Waals surface area contributed by atoms with Crippen LogP contribution < -0.4 is 10.1 Å². The number of hydrogen-bond donors (Lipinski definition) is 1. The molecule has 0 amide bonds. The maximum absolute atomic E-state index is 5.31. The van der Waals surface area contributed by atoms with Gasteiger partial charge in [0.1, 0.15) is 12.3 Å². The number of rotatable bonds is 6. The third kappa shape index (κ3) is 3.90. The molecule has 84 valence electrons. The number of aryl methyl sites for hydroxylation is 1. The molecule has 1 rings (SSSR count). The Morgan fingerprint density at radius 3 is 2.73 bits per heavy atom. The maximum atomic E-state index is 5.31. The molecule has 0 aliphatic rings. The third-order valence-corrected chi connectivity index (χ3v) is 2.33. The van der Waals surface area contributed by atoms with Gasteiger partial charge in [0, 0.05) is 12.7 Å². The quantitative estimate of drug-likeness (QED) is 0.702. The largest absolute Gasteiger partial charge is 0.496 e. The minimum atomic E-state index is 0.786. The Balaban J connectivity index is 2.54. The van der Waals surface area contributed by atoms with E-state index in [2.05, 4.69) is 24.4 Å². The van der Waals surface area contributed by atoms with Crippen molar-refractivity contribution in [2.24, 2.45) is 0 Å². The van der Waals surface area contributed by atoms with E-state index in [0.29, 0.717) is 0 Å². The number of benzene rings is 1. The Morgan fingerprint density at radius 2 is 2.07 bits per heavy atom. The van der Waals surface area contributed by atoms with E-state index in [1.807, 2.05) is 6.07 Å². The molecule has 0 saturated carbocycles. The topological polar surface area (TPSA) is 35.1 Å². The highest BCUT2D eigenvalue weighted by molar-refractivity contribution is 5.36. The molecule has 15 heavy (non-hydrogen) atoms. The summed E-state index contributed by atoms with van der Waals surface area (Å²) in [5.41, 5.74) is 2.51. The van der Waals surface area contributed by atoms with Gasteiger partial charge >= 0.3 is 0 Å². The smallest absolute Gasteiger partial charge is 0.127 e. The van der Waals surface area contributed by atoms with Gasteiger partial charge in [-0.3, -0.25) is 0 Å². The highest BCUT2D eigenvalue weighted by Crippen LogP contribution is 2.18. The zero-order valence-corrected chi connectivity index (χ0v) is 9.75. The van der Waals surface area contributed by atoms with Crippen LogP contribution in [0.25, 0.3) is 0 Å². The van der Waals surface area contributed by atoms with Crippen LogP contribution in [0, 0.1) is 6.92 Å². The number of quaternary nitrogens is 1. The van der Waals surface area contributed by atoms with E-state index in [4.69, 9.17) is 9.47 Å². The second-order valence-corrected chi connectivity index (χ2v) is 3.59. The molecule has 0 aliphatic heterocycles. The molecule has 0 bridgehead atoms. The van der Waals surface area contributed by atoms with Crippen molar-refractivity contribution in [3.05, 3.63) is 29.3 Å². The van der Waals surface area contributed by atoms with Crippen molar-refractivity contribution < 1.29 is 14.8 Å². The van der Waals surface area contributed by atoms with Crippen LogP contribution >= 0.6 is 0 Å². The molecule has 0 atom stereocenters. The van der Waals surface area contributed by atoms with Crippen LogP contribution in [-0.4, -0.2) is 27.4 Å². The fraction of sp³-hybridized carbons (Fsp3) is 0.500. The summed E-state index contributed by atoms with van der Waals surface area (Å²) < 4.78 is 10.3. The highest BCUT2D eigenvalue weighted by Gasteiger charge is 2.04. The third-order valence-electron chi connectivity index (χ3n) is 2.33. The van der Waals surface area contributed by atoms with Crippen molar-refractivity contribution in [3.8, 4) is 5.75 Å². The summed E-state index contributed by atoms with van der Waals surface area (Å²) in [5, 5.41) is 2.22. The first-order valence-corrected chi connectivity index (χ1v) is 5.22. The minimum absolute atomic E-state index is 0.786. The van der Waals surface area contributed by atoms with Gasteiger partial charge in [-0.25, -0.2) is 0 Å². The van der Waals surface area contributed by atoms with Crippen LogP contribution in [0.15, 0.2) is 18.2 Å². The first-order valence-electron chi connectivity index (χ1n) is 5.22. The van der Waals surface area contributed by atoms with Crippen molar-refractivity contribution in [2.75, 3.05) is 27.4 Å². The number of hydrogen-bond acceptors (Lipinski definition) is 2. The van der Waals surface area contributed by atoms with E-state index in [1.54, 1.807) is 14.2 Å². The molecule has 1 aromatic rings. The summed E-state index contributed by atoms with van der Waals surface area (Å²) in [4.78, 5) is 0. The fourth-order valence-corrected chi connectivity index (χ4v) is 1.53. The Hall–Kier alpha value is -1.06. The lowest BCUT2D eigenvalue weighted by atomic mass is 10.1. The normalized spacial score (nSPS) is 10.3. The van der Waals surface area contributed by atoms with Crippen LogP contribution in [-0.2, 0) is 11.3 Å². The number of methoxy groups -OCH3 is 2. The summed E-state index contributed by atoms with van der Waals surface area (Å²) in [6.07, 6.45) is 0. The minimum Gasteiger partial charge on any atom is -0.496 e. The van der Waals surface area contributed by atoms with Crippen LogP contribution in [0.4, 0.5) is 0 Å². The standard InChI is InChI=1S/C12H19NO2/c1-10-4-5-12(15-3)11(8-10)9-13-6-7-14-2/h4-5,8,13H,6-7,9H2,1-3H3/p+1. The van der Waals surface area contributed by atoms with Gasteiger partial charge in [0.05, 0.1) is 20.3 Å². The summed E-state index contributed by atoms with van der Waals surface area (Å²) in [6.45, 7) is 4.80. The first-order chi connectivity index (χ1) is 7.27. The molecule has 0 heterocycles. The van der Waals surface area contributed by atoms with E-state index in [9.17, 15) is 0 Å². The van der Waals surface area contributed by atoms with Gasteiger partial charge in [-0.15, -0.1) is 0 Å². The van der Waals surface area contributed by atoms with E-state index in [0.717, 1.165) is 25.4 Å². The van der Waals surface area contributed by atoms with E-state index in [1.165, 1.54) is 11.1 Å². The maximum Gasteiger partial charge on any atom is 0.127 e. The molecule has 0 saturated heterocycles. The monoisotopic (exact) mass is 210 g/mol. The summed E-state index contributed by atoms with van der Waals surface area (Å²) in [7, 11) is 3.43. The highest BCUT2D eigenvalue weighted by atomic mass is 16.5. The van der Waals surface area contributed by atoms with Gasteiger partial charge in [-0.2, -0.15) is 0 Å². The van der Waals surface area contributed by atoms with Crippen molar-refractivity contribution in [3.63, 3.8) is 0 Å². The number of ether oxygens (including phenoxy) is 2. The van der Waals surface area contributed by atoms with E-state index >= 15 is 0 Å². The van der Waals surface area contributed by atoms with Crippen molar-refractivity contribution in [2.45, 2.75) is 13.5 Å². The molecule has 0 spiro atoms. The fourth-order valence-electron chi connectivity index (χ4n) is 1.53. The molecule has 0 radical (unpaired) electrons. The van der Waals surface area contributed by atoms with Crippen molar-refractivity contribution in [1.29, 1.82) is 0 Å². The van der Waals surface area contributed by atoms with E-state index in [-0.39, 0.29) is 0 Å². The number of nitrogens with two attached hydrogens (primary N) is 1. The zero-order valence-electron chi connectivity index (χ0n) is 9.75. The van der Waals surface area contributed by atoms with Crippen LogP contribution in [0.2, 0.25) is 0 Å². The van der Waals surface area contributed by atoms with Crippen LogP contribution in [0.1, 0.15) is 11.1 Å². The van der Waals surface area contributed by atoms with Gasteiger partial charge < -0.3 is 14.8 Å². The molecule has 2 N–H and O–H groups in total. The lowest BCUT2D eigenvalue weighted by Crippen LogP contribution is -2.83. The summed E-state index contributed by atoms with van der Waals surface area (Å²) >= 11 is 0. The van der Waals surface area contributed by atoms with Gasteiger partial charge in [0.25, 0.3) is 0 Å². The first kappa shape index (κ1) is 12.0. The van der Waals surface area contributed by atoms with Gasteiger partial charge in [-0.1, -0.05) is 11.6 Å². The average molecular weight is 210 g/mol. The van der Waals surface area contributed by atoms with Gasteiger partial charge in [0.15, 0.2) is 0 Å². The van der Waals surface area contributed by atoms with Crippen molar-refractivity contribution in [1.82, 2.24) is 0 Å². The molecule has 0 aliphatic carbocycles. The lowest BCUT2D eigenvalue weighted by molar-refractivity contribution is -0.671. The Bertz CT molecular complexity index is 300. The Kier molecular flexibility index (Phi) is 5.15. The lowest BCUT2D eigenvalue weighted by Gasteiger charge is -2.08. The molecule has 3 nitrogen and oxygen atoms in total. The molecule has 3 heteroatoms. The van der Waals surface area contributed by atoms with E-state index < -0.39 is 0 Å². The predicted octanol–water partition coefficient (Wildman–Crippen LogP) is 0.713. The molecule has 0 aromatic heterocycles. The van der Waals surface area contributed by atoms with Crippen LogP contribution in [0.3, 0.4) is 0 Å². The SMILES string of the molecule is COCC[NH2+]Cc1cc(C)ccc1OC. The Labute approximate surface area is 91.4 Å². The molecule has 0 fully saturated rings. The summed E-state index contributed by atoms with van der Waals surface area (Å²) in [6, 6.07) is 6.26. The Morgan fingerprint density at radius 1 is 1.27 bits per heavy atom. The molecular weight excluding hydrogens is 190 g/mol. The van der Waals surface area contributed by atoms with Gasteiger partial charge in [-0.05, 0) is 19.1 Å². The van der Waals surface area contributed by atoms with Crippen LogP contribution in [0.5, 0.6) is 5.75 Å². The summed E-state index contributed by atoms with van der Waals surface area (Å²) in [5.74, 6) is 0.967.